The van der Waals surface area contributed by atoms with Gasteiger partial charge >= 0.3 is 5.97 Å². The van der Waals surface area contributed by atoms with Crippen LogP contribution in [-0.4, -0.2) is 26.7 Å². The first-order valence-electron chi connectivity index (χ1n) is 8.00. The molecule has 0 bridgehead atoms. The largest absolute Gasteiger partial charge is 0.503 e. The predicted molar refractivity (Wildman–Crippen MR) is 90.4 cm³/mol. The predicted octanol–water partition coefficient (Wildman–Crippen LogP) is 4.09. The number of carboxylic acid groups (broad SMARTS) is 1. The van der Waals surface area contributed by atoms with Crippen molar-refractivity contribution in [1.82, 2.24) is 4.57 Å². The van der Waals surface area contributed by atoms with Crippen molar-refractivity contribution in [3.8, 4) is 5.75 Å². The van der Waals surface area contributed by atoms with E-state index in [0.29, 0.717) is 12.1 Å². The summed E-state index contributed by atoms with van der Waals surface area (Å²) in [5.74, 6) is -10.2. The summed E-state index contributed by atoms with van der Waals surface area (Å²) in [6.45, 7) is 2.54. The van der Waals surface area contributed by atoms with Gasteiger partial charge in [0.15, 0.2) is 29.0 Å². The lowest BCUT2D eigenvalue weighted by Crippen LogP contribution is -2.15. The zero-order valence-electron chi connectivity index (χ0n) is 14.6. The number of halogens is 4. The number of carbonyl (C=O) groups excluding carboxylic acids is 1. The fourth-order valence-electron chi connectivity index (χ4n) is 3.18. The average molecular weight is 395 g/mol. The number of phenols is 1. The summed E-state index contributed by atoms with van der Waals surface area (Å²) >= 11 is 0. The Kier molecular flexibility index (Phi) is 4.62. The van der Waals surface area contributed by atoms with Crippen molar-refractivity contribution < 1.29 is 37.4 Å². The van der Waals surface area contributed by atoms with E-state index in [-0.39, 0.29) is 22.3 Å². The smallest absolute Gasteiger partial charge is 0.310 e. The Balaban J connectivity index is 2.39. The van der Waals surface area contributed by atoms with Gasteiger partial charge in [-0.1, -0.05) is 0 Å². The molecule has 9 heteroatoms. The van der Waals surface area contributed by atoms with Crippen molar-refractivity contribution >= 4 is 22.8 Å². The van der Waals surface area contributed by atoms with E-state index < -0.39 is 52.2 Å². The number of aromatic hydroxyl groups is 1. The molecule has 28 heavy (non-hydrogen) atoms. The van der Waals surface area contributed by atoms with Crippen LogP contribution in [0.1, 0.15) is 34.5 Å². The Hall–Kier alpha value is -3.36. The van der Waals surface area contributed by atoms with Gasteiger partial charge in [-0.05, 0) is 37.6 Å². The molecule has 1 aromatic heterocycles. The maximum atomic E-state index is 14.6. The van der Waals surface area contributed by atoms with Gasteiger partial charge in [0.25, 0.3) is 5.91 Å². The van der Waals surface area contributed by atoms with Crippen molar-refractivity contribution in [1.29, 1.82) is 0 Å². The van der Waals surface area contributed by atoms with Crippen LogP contribution in [0.3, 0.4) is 0 Å². The molecule has 0 radical (unpaired) electrons. The van der Waals surface area contributed by atoms with Crippen molar-refractivity contribution in [2.24, 2.45) is 0 Å². The lowest BCUT2D eigenvalue weighted by molar-refractivity contribution is -0.138. The SMILES string of the molecule is Cc1c(C(C)C(=O)O)c2c(F)c(O)c(F)cc2n1C(=O)c1ccc(F)c(F)c1. The van der Waals surface area contributed by atoms with Gasteiger partial charge in [0.05, 0.1) is 11.4 Å². The zero-order chi connectivity index (χ0) is 20.9. The first kappa shape index (κ1) is 19.4. The topological polar surface area (TPSA) is 79.5 Å². The maximum absolute atomic E-state index is 14.6. The summed E-state index contributed by atoms with van der Waals surface area (Å²) in [5.41, 5.74) is -0.847. The molecule has 0 aliphatic heterocycles. The van der Waals surface area contributed by atoms with Crippen molar-refractivity contribution in [3.05, 3.63) is 64.4 Å². The van der Waals surface area contributed by atoms with Crippen LogP contribution in [0.15, 0.2) is 24.3 Å². The highest BCUT2D eigenvalue weighted by molar-refractivity contribution is 6.05. The number of aliphatic carboxylic acids is 1. The molecular formula is C19H13F4NO4. The van der Waals surface area contributed by atoms with E-state index >= 15 is 0 Å². The minimum absolute atomic E-state index is 0.0384. The van der Waals surface area contributed by atoms with Gasteiger partial charge in [-0.25, -0.2) is 17.6 Å². The van der Waals surface area contributed by atoms with Gasteiger partial charge in [0.1, 0.15) is 0 Å². The Morgan fingerprint density at radius 2 is 1.68 bits per heavy atom. The second-order valence-electron chi connectivity index (χ2n) is 6.24. The molecule has 5 nitrogen and oxygen atoms in total. The molecule has 0 saturated carbocycles. The molecule has 1 heterocycles. The number of hydrogen-bond acceptors (Lipinski definition) is 3. The number of nitrogens with zero attached hydrogens (tertiary/aromatic N) is 1. The van der Waals surface area contributed by atoms with Crippen LogP contribution in [0.25, 0.3) is 10.9 Å². The van der Waals surface area contributed by atoms with E-state index in [0.717, 1.165) is 16.7 Å². The van der Waals surface area contributed by atoms with E-state index in [1.807, 2.05) is 0 Å². The van der Waals surface area contributed by atoms with E-state index in [9.17, 15) is 37.4 Å². The summed E-state index contributed by atoms with van der Waals surface area (Å²) in [6, 6.07) is 3.00. The van der Waals surface area contributed by atoms with Crippen LogP contribution >= 0.6 is 0 Å². The van der Waals surface area contributed by atoms with Crippen LogP contribution in [0.4, 0.5) is 17.6 Å². The normalized spacial score (nSPS) is 12.4. The molecule has 0 spiro atoms. The Labute approximate surface area is 155 Å². The van der Waals surface area contributed by atoms with E-state index in [1.54, 1.807) is 0 Å². The summed E-state index contributed by atoms with van der Waals surface area (Å²) in [4.78, 5) is 24.3. The van der Waals surface area contributed by atoms with Crippen molar-refractivity contribution in [2.75, 3.05) is 0 Å². The maximum Gasteiger partial charge on any atom is 0.310 e. The highest BCUT2D eigenvalue weighted by atomic mass is 19.2. The van der Waals surface area contributed by atoms with Gasteiger partial charge in [-0.15, -0.1) is 0 Å². The summed E-state index contributed by atoms with van der Waals surface area (Å²) < 4.78 is 56.0. The lowest BCUT2D eigenvalue weighted by Gasteiger charge is -2.09. The van der Waals surface area contributed by atoms with Crippen molar-refractivity contribution in [3.63, 3.8) is 0 Å². The minimum atomic E-state index is -1.42. The molecule has 2 N–H and O–H groups in total. The molecule has 1 atom stereocenters. The quantitative estimate of drug-likeness (QED) is 0.655. The monoisotopic (exact) mass is 395 g/mol. The van der Waals surface area contributed by atoms with E-state index in [2.05, 4.69) is 0 Å². The third-order valence-corrected chi connectivity index (χ3v) is 4.58. The van der Waals surface area contributed by atoms with Gasteiger partial charge < -0.3 is 10.2 Å². The number of phenolic OH excluding ortho intramolecular Hbond substituents is 1. The number of aromatic nitrogens is 1. The van der Waals surface area contributed by atoms with Crippen molar-refractivity contribution in [2.45, 2.75) is 19.8 Å². The molecule has 0 saturated heterocycles. The van der Waals surface area contributed by atoms with Crippen LogP contribution in [0.5, 0.6) is 5.75 Å². The molecular weight excluding hydrogens is 382 g/mol. The number of rotatable bonds is 3. The molecule has 0 fully saturated rings. The minimum Gasteiger partial charge on any atom is -0.503 e. The fraction of sp³-hybridized carbons (Fsp3) is 0.158. The Morgan fingerprint density at radius 3 is 2.25 bits per heavy atom. The Morgan fingerprint density at radius 1 is 1.04 bits per heavy atom. The number of fused-ring (bicyclic) bond motifs is 1. The average Bonchev–Trinajstić information content (AvgIpc) is 2.92. The molecule has 1 unspecified atom stereocenters. The van der Waals surface area contributed by atoms with Crippen LogP contribution in [-0.2, 0) is 4.79 Å². The molecule has 3 aromatic rings. The molecule has 146 valence electrons. The molecule has 3 rings (SSSR count). The second kappa shape index (κ2) is 6.66. The van der Waals surface area contributed by atoms with Gasteiger partial charge in [-0.2, -0.15) is 0 Å². The first-order chi connectivity index (χ1) is 13.1. The first-order valence-corrected chi connectivity index (χ1v) is 8.00. The summed E-state index contributed by atoms with van der Waals surface area (Å²) in [5, 5.41) is 18.5. The Bertz CT molecular complexity index is 1150. The number of carbonyl (C=O) groups is 2. The highest BCUT2D eigenvalue weighted by Gasteiger charge is 2.30. The zero-order valence-corrected chi connectivity index (χ0v) is 14.6. The van der Waals surface area contributed by atoms with E-state index in [4.69, 9.17) is 0 Å². The van der Waals surface area contributed by atoms with Crippen LogP contribution in [0.2, 0.25) is 0 Å². The van der Waals surface area contributed by atoms with Gasteiger partial charge in [0, 0.05) is 22.7 Å². The van der Waals surface area contributed by atoms with Crippen LogP contribution in [0, 0.1) is 30.2 Å². The number of hydrogen-bond donors (Lipinski definition) is 2. The third-order valence-electron chi connectivity index (χ3n) is 4.58. The molecule has 0 aliphatic carbocycles. The van der Waals surface area contributed by atoms with Gasteiger partial charge in [0.2, 0.25) is 0 Å². The molecule has 0 aliphatic rings. The van der Waals surface area contributed by atoms with Crippen LogP contribution < -0.4 is 0 Å². The van der Waals surface area contributed by atoms with Gasteiger partial charge in [-0.3, -0.25) is 14.2 Å². The number of carboxylic acids is 1. The number of benzene rings is 2. The lowest BCUT2D eigenvalue weighted by atomic mass is 9.97. The molecule has 0 amide bonds. The standard InChI is InChI=1S/C19H13F4NO4/c1-7(19(27)28)14-8(2)24(13-6-12(22)17(25)16(23)15(13)14)18(26)9-3-4-10(20)11(21)5-9/h3-7,25H,1-2H3,(H,27,28). The molecule has 2 aromatic carbocycles. The second-order valence-corrected chi connectivity index (χ2v) is 6.24. The summed E-state index contributed by atoms with van der Waals surface area (Å²) in [7, 11) is 0. The third kappa shape index (κ3) is 2.79. The summed E-state index contributed by atoms with van der Waals surface area (Å²) in [6.07, 6.45) is 0. The fourth-order valence-corrected chi connectivity index (χ4v) is 3.18. The highest BCUT2D eigenvalue weighted by Crippen LogP contribution is 2.38. The van der Waals surface area contributed by atoms with E-state index in [1.165, 1.54) is 13.8 Å².